The summed E-state index contributed by atoms with van der Waals surface area (Å²) in [6, 6.07) is 4.79. The maximum Gasteiger partial charge on any atom is 0.410 e. The molecule has 0 N–H and O–H groups in total. The zero-order valence-electron chi connectivity index (χ0n) is 19.1. The second-order valence-electron chi connectivity index (χ2n) is 9.09. The summed E-state index contributed by atoms with van der Waals surface area (Å²) in [7, 11) is -4.60. The summed E-state index contributed by atoms with van der Waals surface area (Å²) in [5, 5.41) is 2.21. The van der Waals surface area contributed by atoms with Gasteiger partial charge in [0, 0.05) is 30.7 Å². The van der Waals surface area contributed by atoms with E-state index in [1.807, 2.05) is 20.8 Å². The smallest absolute Gasteiger partial charge is 0.410 e. The predicted molar refractivity (Wildman–Crippen MR) is 124 cm³/mol. The Balaban J connectivity index is 1.56. The van der Waals surface area contributed by atoms with E-state index in [1.54, 1.807) is 29.4 Å². The summed E-state index contributed by atoms with van der Waals surface area (Å²) in [5.41, 5.74) is 0.653. The van der Waals surface area contributed by atoms with Crippen LogP contribution in [0.25, 0.3) is 0 Å². The summed E-state index contributed by atoms with van der Waals surface area (Å²) >= 11 is 0. The number of aliphatic imine (C=N–C) groups is 1. The topological polar surface area (TPSA) is 102 Å². The number of nitrogens with zero attached hydrogens (tertiary/aromatic N) is 2. The summed E-state index contributed by atoms with van der Waals surface area (Å²) in [6.45, 7) is 8.44. The number of hydrogen-bond donors (Lipinski definition) is 0. The van der Waals surface area contributed by atoms with Crippen LogP contribution in [0, 0.1) is 12.8 Å². The van der Waals surface area contributed by atoms with Crippen LogP contribution in [0.4, 0.5) is 4.79 Å². The molecule has 1 saturated heterocycles. The lowest BCUT2D eigenvalue weighted by molar-refractivity contribution is 0.0202. The first kappa shape index (κ1) is 24.4. The molecule has 0 bridgehead atoms. The van der Waals surface area contributed by atoms with Crippen molar-refractivity contribution in [1.29, 1.82) is 0 Å². The van der Waals surface area contributed by atoms with Crippen LogP contribution in [-0.2, 0) is 25.4 Å². The lowest BCUT2D eigenvalue weighted by atomic mass is 9.98. The first-order valence-corrected chi connectivity index (χ1v) is 13.6. The average Bonchev–Trinajstić information content (AvgIpc) is 3.05. The normalized spacial score (nSPS) is 20.0. The number of likely N-dealkylation sites (tertiary alicyclic amines) is 1. The third kappa shape index (κ3) is 6.19. The highest BCUT2D eigenvalue weighted by Gasteiger charge is 2.32. The highest BCUT2D eigenvalue weighted by Crippen LogP contribution is 2.27. The quantitative estimate of drug-likeness (QED) is 0.637. The van der Waals surface area contributed by atoms with Gasteiger partial charge in [-0.15, -0.1) is 0 Å². The van der Waals surface area contributed by atoms with E-state index in [4.69, 9.17) is 9.47 Å². The number of carbonyl (C=O) groups is 1. The van der Waals surface area contributed by atoms with Gasteiger partial charge in [-0.1, -0.05) is 0 Å². The van der Waals surface area contributed by atoms with Crippen molar-refractivity contribution < 1.29 is 26.9 Å². The Labute approximate surface area is 192 Å². The van der Waals surface area contributed by atoms with E-state index in [1.165, 1.54) is 12.3 Å². The van der Waals surface area contributed by atoms with Crippen LogP contribution in [0.15, 0.2) is 39.2 Å². The van der Waals surface area contributed by atoms with Gasteiger partial charge in [-0.05, 0) is 64.3 Å². The predicted octanol–water partition coefficient (Wildman–Crippen LogP) is 3.43. The minimum absolute atomic E-state index is 0.0413. The van der Waals surface area contributed by atoms with E-state index in [0.717, 1.165) is 0 Å². The Kier molecular flexibility index (Phi) is 7.14. The van der Waals surface area contributed by atoms with E-state index < -0.39 is 26.2 Å². The van der Waals surface area contributed by atoms with E-state index >= 15 is 0 Å². The Morgan fingerprint density at radius 2 is 1.91 bits per heavy atom. The van der Waals surface area contributed by atoms with Crippen LogP contribution in [0.3, 0.4) is 0 Å². The van der Waals surface area contributed by atoms with Gasteiger partial charge < -0.3 is 14.4 Å². The first-order chi connectivity index (χ1) is 14.8. The van der Waals surface area contributed by atoms with Gasteiger partial charge in [0.15, 0.2) is 9.84 Å². The molecule has 1 aromatic carbocycles. The molecule has 1 fully saturated rings. The number of piperidine rings is 1. The van der Waals surface area contributed by atoms with Crippen molar-refractivity contribution in [3.05, 3.63) is 34.9 Å². The van der Waals surface area contributed by atoms with Crippen LogP contribution in [0.2, 0.25) is 0 Å². The molecule has 32 heavy (non-hydrogen) atoms. The largest absolute Gasteiger partial charge is 0.487 e. The molecule has 8 nitrogen and oxygen atoms in total. The molecule has 0 aliphatic carbocycles. The van der Waals surface area contributed by atoms with Gasteiger partial charge in [-0.25, -0.2) is 22.4 Å². The second kappa shape index (κ2) is 9.35. The fraction of sp³-hybridized carbons (Fsp3) is 0.545. The van der Waals surface area contributed by atoms with Crippen molar-refractivity contribution in [2.45, 2.75) is 51.0 Å². The molecule has 0 aromatic heterocycles. The lowest BCUT2D eigenvalue weighted by Crippen LogP contribution is -2.43. The van der Waals surface area contributed by atoms with Crippen LogP contribution < -0.4 is 4.74 Å². The summed E-state index contributed by atoms with van der Waals surface area (Å²) in [6.07, 6.45) is 2.20. The van der Waals surface area contributed by atoms with Gasteiger partial charge in [-0.3, -0.25) is 0 Å². The fourth-order valence-electron chi connectivity index (χ4n) is 3.64. The van der Waals surface area contributed by atoms with E-state index in [-0.39, 0.29) is 23.5 Å². The number of aryl methyl sites for hydroxylation is 1. The number of ether oxygens (including phenoxy) is 2. The molecule has 0 spiro atoms. The minimum Gasteiger partial charge on any atom is -0.487 e. The fourth-order valence-corrected chi connectivity index (χ4v) is 5.86. The van der Waals surface area contributed by atoms with Gasteiger partial charge in [-0.2, -0.15) is 0 Å². The molecular formula is C22H30N2O6S2. The van der Waals surface area contributed by atoms with Crippen LogP contribution in [0.5, 0.6) is 5.75 Å². The van der Waals surface area contributed by atoms with Crippen molar-refractivity contribution in [2.75, 3.05) is 26.0 Å². The molecule has 2 aliphatic rings. The van der Waals surface area contributed by atoms with Gasteiger partial charge in [0.25, 0.3) is 0 Å². The molecule has 176 valence electrons. The molecule has 0 saturated carbocycles. The molecular weight excluding hydrogens is 452 g/mol. The van der Waals surface area contributed by atoms with Gasteiger partial charge in [0.05, 0.1) is 21.4 Å². The van der Waals surface area contributed by atoms with E-state index in [2.05, 4.69) is 4.99 Å². The van der Waals surface area contributed by atoms with Crippen LogP contribution in [0.1, 0.15) is 39.2 Å². The number of sulfone groups is 1. The van der Waals surface area contributed by atoms with Gasteiger partial charge >= 0.3 is 6.09 Å². The summed E-state index contributed by atoms with van der Waals surface area (Å²) < 4.78 is 47.2. The zero-order valence-corrected chi connectivity index (χ0v) is 20.7. The highest BCUT2D eigenvalue weighted by atomic mass is 32.2. The maximum absolute atomic E-state index is 12.6. The molecule has 3 rings (SSSR count). The molecule has 10 heteroatoms. The van der Waals surface area contributed by atoms with Crippen LogP contribution in [-0.4, -0.2) is 60.2 Å². The number of hydrogen-bond acceptors (Lipinski definition) is 7. The van der Waals surface area contributed by atoms with Gasteiger partial charge in [0.1, 0.15) is 23.0 Å². The third-order valence-electron chi connectivity index (χ3n) is 5.13. The SMILES string of the molecule is Cc1cc(OCC2=CS(=O)C(C3CCN(C(=O)OC(C)(C)C)CC3)=N2)ccc1S(C)(=O)=O. The Hall–Kier alpha value is -2.20. The first-order valence-electron chi connectivity index (χ1n) is 10.4. The molecule has 1 aromatic rings. The minimum atomic E-state index is -3.29. The van der Waals surface area contributed by atoms with Crippen molar-refractivity contribution in [2.24, 2.45) is 10.9 Å². The Morgan fingerprint density at radius 3 is 2.47 bits per heavy atom. The number of amides is 1. The molecule has 2 aliphatic heterocycles. The summed E-state index contributed by atoms with van der Waals surface area (Å²) in [5.74, 6) is 0.565. The van der Waals surface area contributed by atoms with E-state index in [0.29, 0.717) is 48.0 Å². The second-order valence-corrected chi connectivity index (χ2v) is 12.3. The molecule has 2 heterocycles. The number of benzene rings is 1. The van der Waals surface area contributed by atoms with Crippen molar-refractivity contribution >= 4 is 31.8 Å². The molecule has 1 amide bonds. The highest BCUT2D eigenvalue weighted by molar-refractivity contribution is 8.03. The standard InChI is InChI=1S/C22H30N2O6S2/c1-15-12-18(6-7-19(15)32(5,27)28)29-13-17-14-31(26)20(23-17)16-8-10-24(11-9-16)21(25)30-22(2,3)4/h6-7,12,14,16H,8-11,13H2,1-5H3. The maximum atomic E-state index is 12.6. The van der Waals surface area contributed by atoms with Crippen molar-refractivity contribution in [3.8, 4) is 5.75 Å². The molecule has 1 unspecified atom stereocenters. The van der Waals surface area contributed by atoms with Crippen molar-refractivity contribution in [1.82, 2.24) is 4.90 Å². The molecule has 1 atom stereocenters. The van der Waals surface area contributed by atoms with Crippen LogP contribution >= 0.6 is 0 Å². The monoisotopic (exact) mass is 482 g/mol. The Morgan fingerprint density at radius 1 is 1.25 bits per heavy atom. The van der Waals surface area contributed by atoms with Gasteiger partial charge in [0.2, 0.25) is 0 Å². The Bertz CT molecular complexity index is 1080. The number of carbonyl (C=O) groups excluding carboxylic acids is 1. The zero-order chi connectivity index (χ0) is 23.7. The summed E-state index contributed by atoms with van der Waals surface area (Å²) in [4.78, 5) is 18.7. The molecule has 0 radical (unpaired) electrons. The lowest BCUT2D eigenvalue weighted by Gasteiger charge is -2.33. The van der Waals surface area contributed by atoms with Crippen molar-refractivity contribution in [3.63, 3.8) is 0 Å². The third-order valence-corrected chi connectivity index (χ3v) is 7.71. The number of rotatable bonds is 5. The average molecular weight is 483 g/mol. The van der Waals surface area contributed by atoms with E-state index in [9.17, 15) is 17.4 Å².